The second-order valence-electron chi connectivity index (χ2n) is 22.3. The van der Waals surface area contributed by atoms with Crippen LogP contribution in [0, 0.1) is 0 Å². The van der Waals surface area contributed by atoms with Crippen LogP contribution in [0.1, 0.15) is 72.9 Å². The van der Waals surface area contributed by atoms with Gasteiger partial charge in [0.2, 0.25) is 0 Å². The zero-order valence-corrected chi connectivity index (χ0v) is 44.5. The molecule has 0 saturated carbocycles. The number of hydrogen-bond acceptors (Lipinski definition) is 4. The van der Waals surface area contributed by atoms with Crippen LogP contribution in [0.2, 0.25) is 0 Å². The van der Waals surface area contributed by atoms with E-state index in [0.717, 1.165) is 78.0 Å². The van der Waals surface area contributed by atoms with Gasteiger partial charge in [-0.15, -0.1) is 0 Å². The summed E-state index contributed by atoms with van der Waals surface area (Å²) in [4.78, 5) is 4.75. The number of fused-ring (bicyclic) bond motifs is 18. The lowest BCUT2D eigenvalue weighted by Crippen LogP contribution is -2.25. The van der Waals surface area contributed by atoms with Gasteiger partial charge >= 0.3 is 0 Å². The first kappa shape index (κ1) is 45.5. The maximum atomic E-state index is 7.00. The van der Waals surface area contributed by atoms with Gasteiger partial charge in [0.1, 0.15) is 11.2 Å². The molecule has 376 valence electrons. The Kier molecular flexibility index (Phi) is 9.91. The van der Waals surface area contributed by atoms with Gasteiger partial charge in [0.05, 0.1) is 16.8 Å². The lowest BCUT2D eigenvalue weighted by molar-refractivity contribution is 0.657. The molecule has 0 saturated heterocycles. The highest BCUT2D eigenvalue weighted by Gasteiger charge is 2.52. The molecule has 0 radical (unpaired) electrons. The average molecular weight is 1020 g/mol. The van der Waals surface area contributed by atoms with E-state index in [0.29, 0.717) is 11.8 Å². The SMILES string of the molecule is CC(C)c1cccc2c1oc1c(N(c3ccccc3)c3ccc4cc5c(cc4c3)C3(c4ccccc4-c4ccccc43)c3cc4cc(N(c6ccccc6)c6cccc7c6oc6c(C(C)C)cccc67)ccc4cc3-5)cccc12. The van der Waals surface area contributed by atoms with Crippen LogP contribution in [0.5, 0.6) is 0 Å². The van der Waals surface area contributed by atoms with Crippen LogP contribution in [-0.4, -0.2) is 0 Å². The Hall–Kier alpha value is -9.64. The number of hydrogen-bond donors (Lipinski definition) is 0. The van der Waals surface area contributed by atoms with Gasteiger partial charge in [-0.25, -0.2) is 0 Å². The monoisotopic (exact) mass is 1010 g/mol. The van der Waals surface area contributed by atoms with Crippen LogP contribution in [0.3, 0.4) is 0 Å². The highest BCUT2D eigenvalue weighted by Crippen LogP contribution is 2.64. The van der Waals surface area contributed by atoms with Gasteiger partial charge in [0.25, 0.3) is 0 Å². The first-order valence-corrected chi connectivity index (χ1v) is 27.8. The molecule has 0 fully saturated rings. The molecule has 0 atom stereocenters. The second-order valence-corrected chi connectivity index (χ2v) is 22.3. The fourth-order valence-electron chi connectivity index (χ4n) is 13.8. The maximum absolute atomic E-state index is 7.00. The third-order valence-corrected chi connectivity index (χ3v) is 17.3. The van der Waals surface area contributed by atoms with E-state index in [1.165, 1.54) is 77.2 Å². The summed E-state index contributed by atoms with van der Waals surface area (Å²) in [7, 11) is 0. The topological polar surface area (TPSA) is 32.8 Å². The molecule has 4 heteroatoms. The molecule has 0 unspecified atom stereocenters. The van der Waals surface area contributed by atoms with Gasteiger partial charge in [-0.2, -0.15) is 0 Å². The molecule has 2 aromatic heterocycles. The molecule has 2 aliphatic rings. The van der Waals surface area contributed by atoms with Crippen molar-refractivity contribution < 1.29 is 8.83 Å². The third-order valence-electron chi connectivity index (χ3n) is 17.3. The normalized spacial score (nSPS) is 13.1. The van der Waals surface area contributed by atoms with E-state index >= 15 is 0 Å². The minimum absolute atomic E-state index is 0.322. The van der Waals surface area contributed by atoms with Crippen molar-refractivity contribution in [3.63, 3.8) is 0 Å². The van der Waals surface area contributed by atoms with Crippen molar-refractivity contribution in [3.05, 3.63) is 276 Å². The molecule has 1 spiro atoms. The molecule has 79 heavy (non-hydrogen) atoms. The quantitative estimate of drug-likeness (QED) is 0.152. The van der Waals surface area contributed by atoms with Gasteiger partial charge in [0.15, 0.2) is 11.2 Å². The largest absolute Gasteiger partial charge is 0.454 e. The molecule has 2 aliphatic carbocycles. The lowest BCUT2D eigenvalue weighted by atomic mass is 9.70. The fraction of sp³-hybridized carbons (Fsp3) is 0.0933. The Morgan fingerprint density at radius 2 is 0.684 bits per heavy atom. The molecule has 0 aliphatic heterocycles. The summed E-state index contributed by atoms with van der Waals surface area (Å²) in [5.41, 5.74) is 22.1. The van der Waals surface area contributed by atoms with Crippen LogP contribution in [-0.2, 0) is 5.41 Å². The average Bonchev–Trinajstić information content (AvgIpc) is 3.29. The van der Waals surface area contributed by atoms with E-state index in [2.05, 4.69) is 280 Å². The summed E-state index contributed by atoms with van der Waals surface area (Å²) in [6, 6.07) is 89.9. The number of rotatable bonds is 8. The van der Waals surface area contributed by atoms with Crippen molar-refractivity contribution in [1.82, 2.24) is 0 Å². The summed E-state index contributed by atoms with van der Waals surface area (Å²) >= 11 is 0. The molecular weight excluding hydrogens is 961 g/mol. The number of para-hydroxylation sites is 6. The van der Waals surface area contributed by atoms with Crippen molar-refractivity contribution in [2.24, 2.45) is 0 Å². The predicted molar refractivity (Wildman–Crippen MR) is 330 cm³/mol. The van der Waals surface area contributed by atoms with E-state index in [-0.39, 0.29) is 0 Å². The number of benzene rings is 12. The smallest absolute Gasteiger partial charge is 0.159 e. The standard InChI is InChI=1S/C75H54N2O2/c1-45(2)55-25-15-27-59-61-29-17-33-69(73(61)78-71(55)59)76(51-19-7-5-8-20-51)53-37-35-47-41-63-64-42-48-36-38-54(77(52-21-9-6-10-22-52)70-34-18-30-62-60-28-16-26-56(46(3)4)72(60)79-74(62)70)40-50(48)44-68(64)75(67(63)43-49(47)39-53)65-31-13-11-23-57(65)58-24-12-14-32-66(58)75/h5-46H,1-4H3. The summed E-state index contributed by atoms with van der Waals surface area (Å²) in [6.07, 6.45) is 0. The van der Waals surface area contributed by atoms with Crippen molar-refractivity contribution in [3.8, 4) is 22.3 Å². The molecule has 0 bridgehead atoms. The van der Waals surface area contributed by atoms with Crippen LogP contribution >= 0.6 is 0 Å². The molecular formula is C75H54N2O2. The summed E-state index contributed by atoms with van der Waals surface area (Å²) in [6.45, 7) is 8.95. The maximum Gasteiger partial charge on any atom is 0.159 e. The predicted octanol–water partition coefficient (Wildman–Crippen LogP) is 21.3. The third kappa shape index (κ3) is 6.55. The molecule has 16 rings (SSSR count). The van der Waals surface area contributed by atoms with Crippen molar-refractivity contribution in [2.75, 3.05) is 9.80 Å². The van der Waals surface area contributed by atoms with Gasteiger partial charge < -0.3 is 18.6 Å². The van der Waals surface area contributed by atoms with E-state index in [9.17, 15) is 0 Å². The lowest BCUT2D eigenvalue weighted by Gasteiger charge is -2.31. The van der Waals surface area contributed by atoms with Gasteiger partial charge in [0, 0.05) is 44.3 Å². The van der Waals surface area contributed by atoms with Gasteiger partial charge in [-0.1, -0.05) is 185 Å². The van der Waals surface area contributed by atoms with Crippen LogP contribution < -0.4 is 9.80 Å². The van der Waals surface area contributed by atoms with Crippen molar-refractivity contribution in [2.45, 2.75) is 44.9 Å². The molecule has 2 heterocycles. The Labute approximate surface area is 459 Å². The first-order chi connectivity index (χ1) is 38.8. The van der Waals surface area contributed by atoms with Gasteiger partial charge in [-0.3, -0.25) is 0 Å². The van der Waals surface area contributed by atoms with E-state index in [1.807, 2.05) is 0 Å². The Balaban J connectivity index is 0.908. The zero-order chi connectivity index (χ0) is 52.7. The van der Waals surface area contributed by atoms with E-state index in [1.54, 1.807) is 0 Å². The Bertz CT molecular complexity index is 4500. The van der Waals surface area contributed by atoms with Crippen molar-refractivity contribution >= 4 is 99.5 Å². The molecule has 0 N–H and O–H groups in total. The molecule has 4 nitrogen and oxygen atoms in total. The highest BCUT2D eigenvalue weighted by atomic mass is 16.3. The molecule has 0 amide bonds. The number of anilines is 6. The van der Waals surface area contributed by atoms with Crippen LogP contribution in [0.25, 0.3) is 87.7 Å². The van der Waals surface area contributed by atoms with Crippen LogP contribution in [0.15, 0.2) is 251 Å². The minimum Gasteiger partial charge on any atom is -0.454 e. The molecule has 12 aromatic carbocycles. The highest BCUT2D eigenvalue weighted by molar-refractivity contribution is 6.13. The van der Waals surface area contributed by atoms with Crippen LogP contribution in [0.4, 0.5) is 34.1 Å². The first-order valence-electron chi connectivity index (χ1n) is 27.8. The van der Waals surface area contributed by atoms with E-state index < -0.39 is 5.41 Å². The Morgan fingerprint density at radius 1 is 0.291 bits per heavy atom. The summed E-state index contributed by atoms with van der Waals surface area (Å²) < 4.78 is 14.0. The van der Waals surface area contributed by atoms with E-state index in [4.69, 9.17) is 8.83 Å². The minimum atomic E-state index is -0.577. The summed E-state index contributed by atoms with van der Waals surface area (Å²) in [5.74, 6) is 0.644. The van der Waals surface area contributed by atoms with Crippen molar-refractivity contribution in [1.29, 1.82) is 0 Å². The molecule has 14 aromatic rings. The zero-order valence-electron chi connectivity index (χ0n) is 44.5. The van der Waals surface area contributed by atoms with Gasteiger partial charge in [-0.05, 0) is 174 Å². The summed E-state index contributed by atoms with van der Waals surface area (Å²) in [5, 5.41) is 9.25. The second kappa shape index (κ2) is 17.2. The number of nitrogens with zero attached hydrogens (tertiary/aromatic N) is 2. The fourth-order valence-corrected chi connectivity index (χ4v) is 13.8. The number of furan rings is 2. The Morgan fingerprint density at radius 3 is 1.11 bits per heavy atom.